The number of carbonyl (C=O) groups is 3. The van der Waals surface area contributed by atoms with Gasteiger partial charge in [-0.25, -0.2) is 9.37 Å². The lowest BCUT2D eigenvalue weighted by molar-refractivity contribution is -0.141. The molecule has 3 aliphatic heterocycles. The molecule has 0 unspecified atom stereocenters. The summed E-state index contributed by atoms with van der Waals surface area (Å²) in [5, 5.41) is 19.9. The number of phenolic OH excluding ortho intramolecular Hbond substituents is 1. The SMILES string of the molecule is C=CC(=O)N1CCN(c2nc(O[C@H](C)CN3CCC(OCCOCCOCCOCCOc4cc([C@@H](C(=O)N5CCC[C@H]5C(=O)N[C@@H](C)c5ccc(-c6scnc6C)cc5)C(C)C)on4)CC3)nc3c(F)c(-c4cc(O)cc5ccccc45)c(Cl)cc23)CC1. The molecule has 3 aromatic heterocycles. The number of phenols is 1. The van der Waals surface area contributed by atoms with Crippen molar-refractivity contribution in [3.8, 4) is 39.2 Å². The zero-order chi connectivity index (χ0) is 62.6. The predicted molar refractivity (Wildman–Crippen MR) is 339 cm³/mol. The second-order valence-electron chi connectivity index (χ2n) is 23.1. The fraction of sp³-hybridized carbons (Fsp3) is 0.470. The average molecular weight is 1260 g/mol. The summed E-state index contributed by atoms with van der Waals surface area (Å²) in [7, 11) is 0. The Morgan fingerprint density at radius 2 is 1.56 bits per heavy atom. The Balaban J connectivity index is 0.600. The number of ether oxygens (including phenoxy) is 6. The monoisotopic (exact) mass is 1260 g/mol. The van der Waals surface area contributed by atoms with E-state index < -0.39 is 17.8 Å². The third-order valence-electron chi connectivity index (χ3n) is 16.5. The van der Waals surface area contributed by atoms with Crippen LogP contribution in [0.2, 0.25) is 5.02 Å². The Hall–Kier alpha value is -7.31. The number of nitrogens with zero attached hydrogens (tertiary/aromatic N) is 8. The van der Waals surface area contributed by atoms with Crippen molar-refractivity contribution < 1.29 is 56.8 Å². The van der Waals surface area contributed by atoms with Crippen molar-refractivity contribution in [3.05, 3.63) is 119 Å². The second kappa shape index (κ2) is 30.5. The van der Waals surface area contributed by atoms with Gasteiger partial charge in [-0.05, 0) is 109 Å². The molecule has 23 heteroatoms. The first-order valence-corrected chi connectivity index (χ1v) is 31.9. The third kappa shape index (κ3) is 16.0. The molecular formula is C66H79ClFN9O11S. The number of anilines is 1. The molecule has 3 fully saturated rings. The van der Waals surface area contributed by atoms with Crippen LogP contribution in [0.3, 0.4) is 0 Å². The van der Waals surface area contributed by atoms with Crippen LogP contribution in [0.1, 0.15) is 82.4 Å². The van der Waals surface area contributed by atoms with Crippen LogP contribution >= 0.6 is 22.9 Å². The number of hydrogen-bond acceptors (Lipinski definition) is 18. The molecule has 3 saturated heterocycles. The van der Waals surface area contributed by atoms with Crippen molar-refractivity contribution in [3.63, 3.8) is 0 Å². The fourth-order valence-electron chi connectivity index (χ4n) is 11.9. The molecule has 0 aliphatic carbocycles. The molecule has 2 N–H and O–H groups in total. The number of likely N-dealkylation sites (tertiary alicyclic amines) is 2. The molecule has 4 aromatic carbocycles. The van der Waals surface area contributed by atoms with Crippen molar-refractivity contribution in [2.45, 2.75) is 90.5 Å². The second-order valence-corrected chi connectivity index (χ2v) is 24.3. The van der Waals surface area contributed by atoms with Gasteiger partial charge < -0.3 is 58.1 Å². The average Bonchev–Trinajstić information content (AvgIpc) is 2.02. The number of aromatic nitrogens is 4. The van der Waals surface area contributed by atoms with E-state index in [0.717, 1.165) is 64.8 Å². The third-order valence-corrected chi connectivity index (χ3v) is 17.8. The fourth-order valence-corrected chi connectivity index (χ4v) is 13.0. The number of thiazole rings is 1. The molecule has 3 amide bonds. The van der Waals surface area contributed by atoms with Crippen LogP contribution in [0.15, 0.2) is 95.5 Å². The Morgan fingerprint density at radius 1 is 0.854 bits per heavy atom. The van der Waals surface area contributed by atoms with E-state index in [1.807, 2.05) is 93.6 Å². The lowest BCUT2D eigenvalue weighted by atomic mass is 9.91. The molecule has 0 spiro atoms. The number of aryl methyl sites for hydroxylation is 1. The maximum atomic E-state index is 17.1. The number of amides is 3. The molecule has 20 nitrogen and oxygen atoms in total. The first-order chi connectivity index (χ1) is 43.1. The van der Waals surface area contributed by atoms with Gasteiger partial charge in [-0.15, -0.1) is 11.3 Å². The number of piperazine rings is 1. The number of benzene rings is 4. The molecule has 0 saturated carbocycles. The molecule has 10 rings (SSSR count). The maximum Gasteiger partial charge on any atom is 0.319 e. The van der Waals surface area contributed by atoms with E-state index in [1.165, 1.54) is 12.1 Å². The number of halogens is 2. The van der Waals surface area contributed by atoms with E-state index in [0.29, 0.717) is 114 Å². The summed E-state index contributed by atoms with van der Waals surface area (Å²) < 4.78 is 58.3. The molecule has 4 atom stereocenters. The first-order valence-electron chi connectivity index (χ1n) is 30.7. The highest BCUT2D eigenvalue weighted by atomic mass is 35.5. The van der Waals surface area contributed by atoms with Gasteiger partial charge in [0.1, 0.15) is 41.8 Å². The highest BCUT2D eigenvalue weighted by Gasteiger charge is 2.41. The predicted octanol–water partition coefficient (Wildman–Crippen LogP) is 10.2. The van der Waals surface area contributed by atoms with Crippen molar-refractivity contribution in [2.75, 3.05) is 110 Å². The maximum absolute atomic E-state index is 17.1. The summed E-state index contributed by atoms with van der Waals surface area (Å²) >= 11 is 8.54. The van der Waals surface area contributed by atoms with Gasteiger partial charge in [0.15, 0.2) is 11.6 Å². The van der Waals surface area contributed by atoms with E-state index in [1.54, 1.807) is 39.3 Å². The summed E-state index contributed by atoms with van der Waals surface area (Å²) in [6, 6.07) is 21.2. The summed E-state index contributed by atoms with van der Waals surface area (Å²) in [4.78, 5) is 62.9. The molecule has 3 aliphatic rings. The Bertz CT molecular complexity index is 3560. The van der Waals surface area contributed by atoms with Crippen LogP contribution in [-0.2, 0) is 33.3 Å². The first kappa shape index (κ1) is 64.7. The van der Waals surface area contributed by atoms with Crippen LogP contribution in [0.25, 0.3) is 43.2 Å². The van der Waals surface area contributed by atoms with Crippen LogP contribution in [0.4, 0.5) is 10.2 Å². The van der Waals surface area contributed by atoms with Crippen molar-refractivity contribution in [2.24, 2.45) is 5.92 Å². The molecule has 474 valence electrons. The largest absolute Gasteiger partial charge is 0.508 e. The van der Waals surface area contributed by atoms with Gasteiger partial charge in [0.2, 0.25) is 17.7 Å². The van der Waals surface area contributed by atoms with Crippen LogP contribution in [0.5, 0.6) is 17.6 Å². The van der Waals surface area contributed by atoms with Gasteiger partial charge in [0, 0.05) is 69.4 Å². The molecule has 0 bridgehead atoms. The van der Waals surface area contributed by atoms with E-state index in [2.05, 4.69) is 31.9 Å². The van der Waals surface area contributed by atoms with Gasteiger partial charge in [-0.3, -0.25) is 19.3 Å². The van der Waals surface area contributed by atoms with Gasteiger partial charge in [-0.2, -0.15) is 9.97 Å². The highest BCUT2D eigenvalue weighted by molar-refractivity contribution is 7.13. The lowest BCUT2D eigenvalue weighted by Crippen LogP contribution is -2.48. The molecule has 0 radical (unpaired) electrons. The van der Waals surface area contributed by atoms with E-state index >= 15 is 4.39 Å². The minimum atomic E-state index is -0.661. The number of piperidine rings is 1. The lowest BCUT2D eigenvalue weighted by Gasteiger charge is -2.35. The van der Waals surface area contributed by atoms with Gasteiger partial charge in [-0.1, -0.05) is 80.6 Å². The Labute approximate surface area is 527 Å². The van der Waals surface area contributed by atoms with E-state index in [-0.39, 0.29) is 82.2 Å². The number of rotatable bonds is 28. The van der Waals surface area contributed by atoms with Gasteiger partial charge in [0.25, 0.3) is 5.88 Å². The molecule has 7 aromatic rings. The number of hydrogen-bond donors (Lipinski definition) is 2. The van der Waals surface area contributed by atoms with Crippen molar-refractivity contribution in [1.29, 1.82) is 0 Å². The summed E-state index contributed by atoms with van der Waals surface area (Å²) in [5.41, 5.74) is 5.47. The van der Waals surface area contributed by atoms with Crippen LogP contribution in [0, 0.1) is 18.7 Å². The normalized spacial score (nSPS) is 16.9. The zero-order valence-electron chi connectivity index (χ0n) is 51.2. The van der Waals surface area contributed by atoms with Crippen molar-refractivity contribution >= 4 is 68.2 Å². The molecule has 6 heterocycles. The van der Waals surface area contributed by atoms with Crippen molar-refractivity contribution in [1.82, 2.24) is 40.1 Å². The smallest absolute Gasteiger partial charge is 0.319 e. The van der Waals surface area contributed by atoms with Crippen LogP contribution < -0.4 is 19.7 Å². The standard InChI is InChI=1S/C66H79ClFN9O11S/c1-7-57(79)75-23-25-76(26-24-75)63-52-37-53(67)59(51-36-48(78)35-47-11-8-9-12-50(47)51)60(68)61(52)71-66(72-63)87-42(4)39-74-21-18-49(19-22-74)85-33-31-83-29-27-82-28-30-84-32-34-86-56-38-55(88-73-56)58(41(2)3)65(81)77-20-10-13-54(77)64(80)70-43(5)45-14-16-46(17-15-45)62-44(6)69-40-89-62/h7-9,11-12,14-17,35-38,40-43,49,54,58,78H,1,10,13,18-34,39H2,2-6H3,(H,70,80)/t42-,43+,54+,58+/m1/s1. The summed E-state index contributed by atoms with van der Waals surface area (Å²) in [6.45, 7) is 20.8. The number of carbonyl (C=O) groups excluding carboxylic acids is 3. The Kier molecular flexibility index (Phi) is 22.1. The summed E-state index contributed by atoms with van der Waals surface area (Å²) in [5.74, 6) is -0.867. The van der Waals surface area contributed by atoms with E-state index in [9.17, 15) is 19.5 Å². The minimum absolute atomic E-state index is 0.0213. The topological polar surface area (TPSA) is 217 Å². The Morgan fingerprint density at radius 3 is 2.26 bits per heavy atom. The molecular weight excluding hydrogens is 1180 g/mol. The van der Waals surface area contributed by atoms with Gasteiger partial charge >= 0.3 is 6.01 Å². The minimum Gasteiger partial charge on any atom is -0.508 e. The zero-order valence-corrected chi connectivity index (χ0v) is 52.7. The quantitative estimate of drug-likeness (QED) is 0.0344. The summed E-state index contributed by atoms with van der Waals surface area (Å²) in [6.07, 6.45) is 4.02. The number of nitrogens with one attached hydrogen (secondary N) is 1. The molecule has 89 heavy (non-hydrogen) atoms. The number of fused-ring (bicyclic) bond motifs is 2. The number of aromatic hydroxyl groups is 1. The van der Waals surface area contributed by atoms with E-state index in [4.69, 9.17) is 49.5 Å². The highest BCUT2D eigenvalue weighted by Crippen LogP contribution is 2.43. The van der Waals surface area contributed by atoms with Gasteiger partial charge in [0.05, 0.1) is 79.5 Å². The van der Waals surface area contributed by atoms with Crippen LogP contribution in [-0.4, -0.2) is 181 Å².